The van der Waals surface area contributed by atoms with Crippen LogP contribution in [0.4, 0.5) is 10.2 Å². The van der Waals surface area contributed by atoms with Gasteiger partial charge in [0.25, 0.3) is 0 Å². The molecular formula is C24H29FN4O. The monoisotopic (exact) mass is 408 g/mol. The van der Waals surface area contributed by atoms with Crippen LogP contribution in [0.1, 0.15) is 73.6 Å². The predicted molar refractivity (Wildman–Crippen MR) is 114 cm³/mol. The minimum Gasteiger partial charge on any atom is -0.292 e. The zero-order chi connectivity index (χ0) is 20.7. The molecular weight excluding hydrogens is 379 g/mol. The third-order valence-electron chi connectivity index (χ3n) is 6.99. The number of carbonyl (C=O) groups excluding carboxylic acids is 1. The number of benzene rings is 1. The number of rotatable bonds is 4. The van der Waals surface area contributed by atoms with Gasteiger partial charge in [-0.3, -0.25) is 14.6 Å². The van der Waals surface area contributed by atoms with Gasteiger partial charge >= 0.3 is 0 Å². The number of amides is 1. The quantitative estimate of drug-likeness (QED) is 0.748. The molecule has 0 radical (unpaired) electrons. The summed E-state index contributed by atoms with van der Waals surface area (Å²) in [7, 11) is 0. The van der Waals surface area contributed by atoms with Gasteiger partial charge in [-0.15, -0.1) is 0 Å². The lowest BCUT2D eigenvalue weighted by Gasteiger charge is -2.33. The standard InChI is InChI=1S/C24H29FN4O/c1-16-20-12-13-22(30)29(15-17-8-10-18(25)11-9-17)24(20)27-23(26-16)21-7-4-14-28(21)19-5-2-3-6-19/h8-11,19,21H,2-7,12-15H2,1H3. The normalized spacial score (nSPS) is 22.7. The lowest BCUT2D eigenvalue weighted by molar-refractivity contribution is -0.119. The Balaban J connectivity index is 1.48. The van der Waals surface area contributed by atoms with Gasteiger partial charge in [0.2, 0.25) is 5.91 Å². The Hall–Kier alpha value is -2.34. The number of carbonyl (C=O) groups is 1. The molecule has 1 aromatic carbocycles. The minimum absolute atomic E-state index is 0.0787. The highest BCUT2D eigenvalue weighted by Crippen LogP contribution is 2.39. The van der Waals surface area contributed by atoms with E-state index in [2.05, 4.69) is 4.90 Å². The van der Waals surface area contributed by atoms with Gasteiger partial charge in [0.05, 0.1) is 12.6 Å². The van der Waals surface area contributed by atoms with E-state index in [0.717, 1.165) is 41.4 Å². The lowest BCUT2D eigenvalue weighted by Crippen LogP contribution is -2.37. The molecule has 1 saturated heterocycles. The third-order valence-corrected chi connectivity index (χ3v) is 6.99. The van der Waals surface area contributed by atoms with Crippen molar-refractivity contribution in [1.29, 1.82) is 0 Å². The molecule has 0 bridgehead atoms. The smallest absolute Gasteiger partial charge is 0.228 e. The van der Waals surface area contributed by atoms with Gasteiger partial charge in [-0.05, 0) is 63.3 Å². The van der Waals surface area contributed by atoms with Crippen LogP contribution in [0, 0.1) is 12.7 Å². The van der Waals surface area contributed by atoms with Crippen molar-refractivity contribution in [3.05, 3.63) is 52.7 Å². The molecule has 2 aromatic rings. The van der Waals surface area contributed by atoms with Gasteiger partial charge in [-0.25, -0.2) is 14.4 Å². The summed E-state index contributed by atoms with van der Waals surface area (Å²) in [5.41, 5.74) is 2.97. The molecule has 1 aliphatic carbocycles. The second kappa shape index (κ2) is 8.06. The second-order valence-corrected chi connectivity index (χ2v) is 8.91. The molecule has 1 amide bonds. The molecule has 5 rings (SSSR count). The van der Waals surface area contributed by atoms with E-state index in [9.17, 15) is 9.18 Å². The Morgan fingerprint density at radius 3 is 2.57 bits per heavy atom. The summed E-state index contributed by atoms with van der Waals surface area (Å²) in [4.78, 5) is 27.1. The maximum Gasteiger partial charge on any atom is 0.228 e. The summed E-state index contributed by atoms with van der Waals surface area (Å²) < 4.78 is 13.3. The molecule has 1 aromatic heterocycles. The van der Waals surface area contributed by atoms with E-state index in [1.807, 2.05) is 6.92 Å². The van der Waals surface area contributed by atoms with Gasteiger partial charge in [0.1, 0.15) is 17.5 Å². The maximum absolute atomic E-state index is 13.3. The summed E-state index contributed by atoms with van der Waals surface area (Å²) in [6.07, 6.45) is 8.60. The molecule has 30 heavy (non-hydrogen) atoms. The molecule has 1 saturated carbocycles. The van der Waals surface area contributed by atoms with Crippen molar-refractivity contribution in [3.63, 3.8) is 0 Å². The third kappa shape index (κ3) is 3.62. The largest absolute Gasteiger partial charge is 0.292 e. The van der Waals surface area contributed by atoms with Crippen molar-refractivity contribution < 1.29 is 9.18 Å². The Morgan fingerprint density at radius 2 is 1.80 bits per heavy atom. The Bertz CT molecular complexity index is 939. The fourth-order valence-electron chi connectivity index (χ4n) is 5.43. The first-order valence-electron chi connectivity index (χ1n) is 11.3. The van der Waals surface area contributed by atoms with Crippen LogP contribution in [0.2, 0.25) is 0 Å². The lowest BCUT2D eigenvalue weighted by atomic mass is 10.0. The van der Waals surface area contributed by atoms with Gasteiger partial charge in [-0.2, -0.15) is 0 Å². The first-order chi connectivity index (χ1) is 14.6. The number of fused-ring (bicyclic) bond motifs is 1. The molecule has 0 N–H and O–H groups in total. The van der Waals surface area contributed by atoms with Crippen LogP contribution in [-0.2, 0) is 17.8 Å². The summed E-state index contributed by atoms with van der Waals surface area (Å²) in [6, 6.07) is 7.27. The number of nitrogens with zero attached hydrogens (tertiary/aromatic N) is 4. The Morgan fingerprint density at radius 1 is 1.03 bits per heavy atom. The first kappa shape index (κ1) is 19.6. The first-order valence-corrected chi connectivity index (χ1v) is 11.3. The van der Waals surface area contributed by atoms with Crippen molar-refractivity contribution in [2.24, 2.45) is 0 Å². The highest BCUT2D eigenvalue weighted by molar-refractivity contribution is 5.95. The zero-order valence-corrected chi connectivity index (χ0v) is 17.6. The SMILES string of the molecule is Cc1nc(C2CCCN2C2CCCC2)nc2c1CCC(=O)N2Cc1ccc(F)cc1. The molecule has 158 valence electrons. The molecule has 1 atom stereocenters. The number of aryl methyl sites for hydroxylation is 1. The van der Waals surface area contributed by atoms with Crippen molar-refractivity contribution in [2.45, 2.75) is 76.9 Å². The second-order valence-electron chi connectivity index (χ2n) is 8.91. The van der Waals surface area contributed by atoms with Crippen LogP contribution in [0.15, 0.2) is 24.3 Å². The zero-order valence-electron chi connectivity index (χ0n) is 17.6. The molecule has 2 aliphatic heterocycles. The van der Waals surface area contributed by atoms with Crippen molar-refractivity contribution >= 4 is 11.7 Å². The van der Waals surface area contributed by atoms with Crippen LogP contribution >= 0.6 is 0 Å². The maximum atomic E-state index is 13.3. The van der Waals surface area contributed by atoms with E-state index in [0.29, 0.717) is 25.4 Å². The van der Waals surface area contributed by atoms with Gasteiger partial charge in [0.15, 0.2) is 0 Å². The molecule has 6 heteroatoms. The molecule has 1 unspecified atom stereocenters. The van der Waals surface area contributed by atoms with Crippen LogP contribution in [0.25, 0.3) is 0 Å². The summed E-state index contributed by atoms with van der Waals surface area (Å²) in [6.45, 7) is 3.58. The van der Waals surface area contributed by atoms with Crippen LogP contribution in [0.3, 0.4) is 0 Å². The van der Waals surface area contributed by atoms with Crippen LogP contribution < -0.4 is 4.90 Å². The van der Waals surface area contributed by atoms with E-state index in [1.54, 1.807) is 17.0 Å². The Kier molecular flexibility index (Phi) is 5.27. The van der Waals surface area contributed by atoms with E-state index in [1.165, 1.54) is 44.2 Å². The summed E-state index contributed by atoms with van der Waals surface area (Å²) in [5.74, 6) is 1.44. The number of aromatic nitrogens is 2. The molecule has 3 aliphatic rings. The fraction of sp³-hybridized carbons (Fsp3) is 0.542. The van der Waals surface area contributed by atoms with Gasteiger partial charge in [-0.1, -0.05) is 25.0 Å². The van der Waals surface area contributed by atoms with Gasteiger partial charge < -0.3 is 0 Å². The van der Waals surface area contributed by atoms with E-state index < -0.39 is 0 Å². The molecule has 5 nitrogen and oxygen atoms in total. The number of hydrogen-bond acceptors (Lipinski definition) is 4. The van der Waals surface area contributed by atoms with Crippen LogP contribution in [-0.4, -0.2) is 33.4 Å². The minimum atomic E-state index is -0.266. The number of likely N-dealkylation sites (tertiary alicyclic amines) is 1. The molecule has 2 fully saturated rings. The summed E-state index contributed by atoms with van der Waals surface area (Å²) in [5, 5.41) is 0. The summed E-state index contributed by atoms with van der Waals surface area (Å²) >= 11 is 0. The van der Waals surface area contributed by atoms with Crippen molar-refractivity contribution in [2.75, 3.05) is 11.4 Å². The van der Waals surface area contributed by atoms with E-state index in [-0.39, 0.29) is 17.8 Å². The predicted octanol–water partition coefficient (Wildman–Crippen LogP) is 4.48. The fourth-order valence-corrected chi connectivity index (χ4v) is 5.43. The Labute approximate surface area is 177 Å². The molecule has 3 heterocycles. The highest BCUT2D eigenvalue weighted by atomic mass is 19.1. The van der Waals surface area contributed by atoms with Crippen molar-refractivity contribution in [1.82, 2.24) is 14.9 Å². The topological polar surface area (TPSA) is 49.3 Å². The number of hydrogen-bond donors (Lipinski definition) is 0. The molecule has 0 spiro atoms. The van der Waals surface area contributed by atoms with Gasteiger partial charge in [0, 0.05) is 23.7 Å². The number of anilines is 1. The van der Waals surface area contributed by atoms with E-state index >= 15 is 0 Å². The average Bonchev–Trinajstić information content (AvgIpc) is 3.43. The number of halogens is 1. The average molecular weight is 409 g/mol. The van der Waals surface area contributed by atoms with Crippen molar-refractivity contribution in [3.8, 4) is 0 Å². The van der Waals surface area contributed by atoms with Crippen LogP contribution in [0.5, 0.6) is 0 Å². The van der Waals surface area contributed by atoms with E-state index in [4.69, 9.17) is 9.97 Å². The highest BCUT2D eigenvalue weighted by Gasteiger charge is 2.36.